The van der Waals surface area contributed by atoms with Crippen molar-refractivity contribution in [1.82, 2.24) is 19.8 Å². The standard InChI is InChI=1S/C17H23N5O2S/c18-22-16(14-6-3-9-24-14)19-20-17(22)25-11-15(23)21-8-7-12-4-1-2-5-13(12)10-21/h3,6,9,12-13H,1-2,4-5,7-8,10-11,18H2/t12-,13-/m0/s1. The summed E-state index contributed by atoms with van der Waals surface area (Å²) in [6.07, 6.45) is 7.99. The van der Waals surface area contributed by atoms with Crippen molar-refractivity contribution in [1.29, 1.82) is 0 Å². The number of rotatable bonds is 4. The van der Waals surface area contributed by atoms with Gasteiger partial charge < -0.3 is 15.2 Å². The lowest BCUT2D eigenvalue weighted by atomic mass is 9.75. The Bertz CT molecular complexity index is 729. The van der Waals surface area contributed by atoms with Crippen molar-refractivity contribution in [2.45, 2.75) is 37.3 Å². The summed E-state index contributed by atoms with van der Waals surface area (Å²) in [5.41, 5.74) is 0. The number of nitrogen functional groups attached to an aromatic ring is 1. The van der Waals surface area contributed by atoms with Crippen LogP contribution in [0.15, 0.2) is 28.0 Å². The molecule has 1 saturated heterocycles. The quantitative estimate of drug-likeness (QED) is 0.664. The van der Waals surface area contributed by atoms with Crippen LogP contribution >= 0.6 is 11.8 Å². The van der Waals surface area contributed by atoms with E-state index in [0.717, 1.165) is 25.4 Å². The molecule has 1 saturated carbocycles. The van der Waals surface area contributed by atoms with Gasteiger partial charge in [0.05, 0.1) is 12.0 Å². The Morgan fingerprint density at radius 1 is 1.28 bits per heavy atom. The Hall–Kier alpha value is -1.96. The van der Waals surface area contributed by atoms with E-state index < -0.39 is 0 Å². The summed E-state index contributed by atoms with van der Waals surface area (Å²) in [4.78, 5) is 14.6. The zero-order valence-corrected chi connectivity index (χ0v) is 15.0. The summed E-state index contributed by atoms with van der Waals surface area (Å²) in [7, 11) is 0. The highest BCUT2D eigenvalue weighted by molar-refractivity contribution is 7.99. The smallest absolute Gasteiger partial charge is 0.233 e. The number of hydrogen-bond donors (Lipinski definition) is 1. The summed E-state index contributed by atoms with van der Waals surface area (Å²) < 4.78 is 6.68. The number of aromatic nitrogens is 3. The molecular formula is C17H23N5O2S. The van der Waals surface area contributed by atoms with Crippen LogP contribution in [0.1, 0.15) is 32.1 Å². The number of carbonyl (C=O) groups excluding carboxylic acids is 1. The Kier molecular flexibility index (Phi) is 4.70. The van der Waals surface area contributed by atoms with E-state index in [4.69, 9.17) is 10.3 Å². The fourth-order valence-electron chi connectivity index (χ4n) is 3.99. The van der Waals surface area contributed by atoms with Crippen LogP contribution in [0.3, 0.4) is 0 Å². The zero-order valence-electron chi connectivity index (χ0n) is 14.1. The van der Waals surface area contributed by atoms with Crippen LogP contribution in [0.2, 0.25) is 0 Å². The Morgan fingerprint density at radius 2 is 2.12 bits per heavy atom. The average Bonchev–Trinajstić information content (AvgIpc) is 3.29. The molecule has 134 valence electrons. The van der Waals surface area contributed by atoms with Crippen molar-refractivity contribution < 1.29 is 9.21 Å². The van der Waals surface area contributed by atoms with Gasteiger partial charge in [-0.15, -0.1) is 10.2 Å². The van der Waals surface area contributed by atoms with E-state index in [0.29, 0.717) is 28.4 Å². The molecule has 2 N–H and O–H groups in total. The molecule has 4 rings (SSSR count). The predicted octanol–water partition coefficient (Wildman–Crippen LogP) is 2.38. The van der Waals surface area contributed by atoms with Gasteiger partial charge in [0.2, 0.25) is 16.9 Å². The molecule has 2 aromatic rings. The maximum absolute atomic E-state index is 12.6. The normalized spacial score (nSPS) is 23.4. The van der Waals surface area contributed by atoms with Crippen LogP contribution in [0, 0.1) is 11.8 Å². The summed E-state index contributed by atoms with van der Waals surface area (Å²) in [6.45, 7) is 1.80. The first-order valence-corrected chi connectivity index (χ1v) is 9.86. The summed E-state index contributed by atoms with van der Waals surface area (Å²) in [5.74, 6) is 9.08. The zero-order chi connectivity index (χ0) is 17.2. The number of thioether (sulfide) groups is 1. The molecule has 1 aliphatic carbocycles. The molecule has 8 heteroatoms. The number of likely N-dealkylation sites (tertiary alicyclic amines) is 1. The van der Waals surface area contributed by atoms with E-state index in [1.165, 1.54) is 42.1 Å². The highest BCUT2D eigenvalue weighted by Crippen LogP contribution is 2.36. The lowest BCUT2D eigenvalue weighted by molar-refractivity contribution is -0.131. The van der Waals surface area contributed by atoms with Gasteiger partial charge in [0.15, 0.2) is 5.76 Å². The van der Waals surface area contributed by atoms with Crippen LogP contribution in [-0.2, 0) is 4.79 Å². The van der Waals surface area contributed by atoms with Gasteiger partial charge in [-0.25, -0.2) is 4.68 Å². The van der Waals surface area contributed by atoms with Crippen LogP contribution in [-0.4, -0.2) is 44.5 Å². The van der Waals surface area contributed by atoms with Gasteiger partial charge in [-0.3, -0.25) is 4.79 Å². The molecule has 2 atom stereocenters. The van der Waals surface area contributed by atoms with Crippen LogP contribution in [0.4, 0.5) is 0 Å². The number of fused-ring (bicyclic) bond motifs is 1. The van der Waals surface area contributed by atoms with Crippen molar-refractivity contribution in [3.8, 4) is 11.6 Å². The van der Waals surface area contributed by atoms with E-state index >= 15 is 0 Å². The third-order valence-corrected chi connectivity index (χ3v) is 6.30. The maximum atomic E-state index is 12.6. The first kappa shape index (κ1) is 16.5. The van der Waals surface area contributed by atoms with E-state index in [1.807, 2.05) is 4.90 Å². The van der Waals surface area contributed by atoms with Crippen molar-refractivity contribution in [3.05, 3.63) is 18.4 Å². The van der Waals surface area contributed by atoms with Gasteiger partial charge in [0, 0.05) is 13.1 Å². The SMILES string of the molecule is Nn1c(SCC(=O)N2CC[C@@H]3CCCC[C@H]3C2)nnc1-c1ccco1. The van der Waals surface area contributed by atoms with E-state index in [-0.39, 0.29) is 5.91 Å². The number of nitrogens with zero attached hydrogens (tertiary/aromatic N) is 4. The summed E-state index contributed by atoms with van der Waals surface area (Å²) in [6, 6.07) is 3.55. The Balaban J connectivity index is 1.35. The minimum atomic E-state index is 0.163. The fourth-order valence-corrected chi connectivity index (χ4v) is 4.75. The van der Waals surface area contributed by atoms with Crippen molar-refractivity contribution in [2.24, 2.45) is 11.8 Å². The third kappa shape index (κ3) is 3.40. The first-order valence-electron chi connectivity index (χ1n) is 8.87. The van der Waals surface area contributed by atoms with Gasteiger partial charge in [-0.05, 0) is 36.8 Å². The lowest BCUT2D eigenvalue weighted by Crippen LogP contribution is -2.45. The molecule has 0 spiro atoms. The number of furan rings is 1. The second-order valence-electron chi connectivity index (χ2n) is 6.88. The largest absolute Gasteiger partial charge is 0.461 e. The Labute approximate surface area is 150 Å². The Morgan fingerprint density at radius 3 is 2.92 bits per heavy atom. The van der Waals surface area contributed by atoms with E-state index in [2.05, 4.69) is 10.2 Å². The van der Waals surface area contributed by atoms with Crippen LogP contribution in [0.25, 0.3) is 11.6 Å². The minimum Gasteiger partial charge on any atom is -0.461 e. The topological polar surface area (TPSA) is 90.2 Å². The molecular weight excluding hydrogens is 338 g/mol. The predicted molar refractivity (Wildman–Crippen MR) is 95.2 cm³/mol. The highest BCUT2D eigenvalue weighted by atomic mass is 32.2. The van der Waals surface area contributed by atoms with E-state index in [9.17, 15) is 4.79 Å². The number of nitrogens with two attached hydrogens (primary N) is 1. The lowest BCUT2D eigenvalue weighted by Gasteiger charge is -2.41. The monoisotopic (exact) mass is 361 g/mol. The number of amides is 1. The fraction of sp³-hybridized carbons (Fsp3) is 0.588. The summed E-state index contributed by atoms with van der Waals surface area (Å²) >= 11 is 1.33. The maximum Gasteiger partial charge on any atom is 0.233 e. The number of hydrogen-bond acceptors (Lipinski definition) is 6. The molecule has 7 nitrogen and oxygen atoms in total. The molecule has 0 bridgehead atoms. The number of carbonyl (C=O) groups is 1. The molecule has 0 unspecified atom stereocenters. The van der Waals surface area contributed by atoms with Gasteiger partial charge >= 0.3 is 0 Å². The molecule has 2 aromatic heterocycles. The van der Waals surface area contributed by atoms with Gasteiger partial charge in [-0.2, -0.15) is 0 Å². The molecule has 2 fully saturated rings. The van der Waals surface area contributed by atoms with Gasteiger partial charge in [0.1, 0.15) is 0 Å². The third-order valence-electron chi connectivity index (χ3n) is 5.37. The van der Waals surface area contributed by atoms with Crippen LogP contribution in [0.5, 0.6) is 0 Å². The molecule has 2 aliphatic rings. The highest BCUT2D eigenvalue weighted by Gasteiger charge is 2.32. The molecule has 0 radical (unpaired) electrons. The molecule has 3 heterocycles. The van der Waals surface area contributed by atoms with Gasteiger partial charge in [0.25, 0.3) is 0 Å². The minimum absolute atomic E-state index is 0.163. The molecule has 25 heavy (non-hydrogen) atoms. The van der Waals surface area contributed by atoms with Crippen molar-refractivity contribution >= 4 is 17.7 Å². The van der Waals surface area contributed by atoms with Crippen LogP contribution < -0.4 is 5.84 Å². The van der Waals surface area contributed by atoms with Crippen molar-refractivity contribution in [3.63, 3.8) is 0 Å². The second kappa shape index (κ2) is 7.11. The first-order chi connectivity index (χ1) is 12.2. The average molecular weight is 361 g/mol. The molecule has 0 aromatic carbocycles. The summed E-state index contributed by atoms with van der Waals surface area (Å²) in [5, 5.41) is 8.65. The second-order valence-corrected chi connectivity index (χ2v) is 7.82. The van der Waals surface area contributed by atoms with Gasteiger partial charge in [-0.1, -0.05) is 31.0 Å². The molecule has 1 amide bonds. The van der Waals surface area contributed by atoms with Crippen molar-refractivity contribution in [2.75, 3.05) is 24.7 Å². The molecule has 1 aliphatic heterocycles. The number of piperidine rings is 1. The van der Waals surface area contributed by atoms with E-state index in [1.54, 1.807) is 18.4 Å².